The molecule has 0 saturated carbocycles. The van der Waals surface area contributed by atoms with Gasteiger partial charge in [0.25, 0.3) is 0 Å². The second kappa shape index (κ2) is 4.72. The Morgan fingerprint density at radius 1 is 1.31 bits per heavy atom. The lowest BCUT2D eigenvalue weighted by Crippen LogP contribution is -2.57. The lowest BCUT2D eigenvalue weighted by molar-refractivity contribution is -0.148. The van der Waals surface area contributed by atoms with E-state index in [4.69, 9.17) is 5.11 Å². The van der Waals surface area contributed by atoms with Crippen LogP contribution in [0.15, 0.2) is 0 Å². The summed E-state index contributed by atoms with van der Waals surface area (Å²) in [6, 6.07) is 0.988. The van der Waals surface area contributed by atoms with Crippen LogP contribution in [-0.4, -0.2) is 59.6 Å². The molecule has 1 rings (SSSR count). The minimum absolute atomic E-state index is 0.494. The number of hydrogen-bond donors (Lipinski definition) is 1. The summed E-state index contributed by atoms with van der Waals surface area (Å²) in [5, 5.41) is 9.12. The van der Waals surface area contributed by atoms with Crippen LogP contribution in [0, 0.1) is 5.41 Å². The third-order valence-electron chi connectivity index (χ3n) is 3.63. The second-order valence-corrected chi connectivity index (χ2v) is 5.75. The molecule has 2 unspecified atom stereocenters. The van der Waals surface area contributed by atoms with E-state index in [1.54, 1.807) is 13.8 Å². The Hall–Kier alpha value is -0.610. The number of carboxylic acids is 1. The van der Waals surface area contributed by atoms with Gasteiger partial charge in [-0.2, -0.15) is 0 Å². The molecule has 0 radical (unpaired) electrons. The summed E-state index contributed by atoms with van der Waals surface area (Å²) in [4.78, 5) is 15.7. The topological polar surface area (TPSA) is 43.8 Å². The van der Waals surface area contributed by atoms with Crippen molar-refractivity contribution in [2.75, 3.05) is 26.7 Å². The summed E-state index contributed by atoms with van der Waals surface area (Å²) < 4.78 is 0. The van der Waals surface area contributed by atoms with Crippen LogP contribution in [0.5, 0.6) is 0 Å². The van der Waals surface area contributed by atoms with Gasteiger partial charge < -0.3 is 5.11 Å². The summed E-state index contributed by atoms with van der Waals surface area (Å²) in [5.74, 6) is -0.716. The highest BCUT2D eigenvalue weighted by atomic mass is 16.4. The molecule has 1 N–H and O–H groups in total. The van der Waals surface area contributed by atoms with Gasteiger partial charge in [0.1, 0.15) is 0 Å². The third-order valence-corrected chi connectivity index (χ3v) is 3.63. The zero-order valence-corrected chi connectivity index (χ0v) is 11.0. The quantitative estimate of drug-likeness (QED) is 0.786. The number of rotatable bonds is 3. The van der Waals surface area contributed by atoms with E-state index in [9.17, 15) is 4.79 Å². The Bertz CT molecular complexity index is 254. The van der Waals surface area contributed by atoms with Crippen molar-refractivity contribution in [1.29, 1.82) is 0 Å². The predicted molar refractivity (Wildman–Crippen MR) is 64.5 cm³/mol. The van der Waals surface area contributed by atoms with Crippen molar-refractivity contribution in [2.24, 2.45) is 5.41 Å². The molecule has 0 amide bonds. The highest BCUT2D eigenvalue weighted by molar-refractivity contribution is 5.73. The van der Waals surface area contributed by atoms with E-state index in [0.717, 1.165) is 13.1 Å². The molecule has 0 aromatic carbocycles. The first-order valence-corrected chi connectivity index (χ1v) is 5.91. The molecule has 0 aromatic heterocycles. The van der Waals surface area contributed by atoms with E-state index in [1.165, 1.54) is 0 Å². The molecule has 1 fully saturated rings. The average molecular weight is 228 g/mol. The van der Waals surface area contributed by atoms with Gasteiger partial charge in [0, 0.05) is 31.7 Å². The number of piperazine rings is 1. The Morgan fingerprint density at radius 3 is 2.12 bits per heavy atom. The van der Waals surface area contributed by atoms with Crippen LogP contribution >= 0.6 is 0 Å². The fraction of sp³-hybridized carbons (Fsp3) is 0.917. The molecule has 1 aliphatic rings. The Balaban J connectivity index is 2.60. The van der Waals surface area contributed by atoms with Crippen molar-refractivity contribution < 1.29 is 9.90 Å². The molecule has 1 heterocycles. The van der Waals surface area contributed by atoms with Gasteiger partial charge in [-0.1, -0.05) is 0 Å². The van der Waals surface area contributed by atoms with E-state index in [-0.39, 0.29) is 0 Å². The zero-order chi connectivity index (χ0) is 12.5. The maximum absolute atomic E-state index is 11.1. The van der Waals surface area contributed by atoms with Crippen LogP contribution in [0.4, 0.5) is 0 Å². The Kier molecular flexibility index (Phi) is 3.97. The number of aliphatic carboxylic acids is 1. The van der Waals surface area contributed by atoms with Crippen LogP contribution in [-0.2, 0) is 4.79 Å². The largest absolute Gasteiger partial charge is 0.481 e. The van der Waals surface area contributed by atoms with E-state index >= 15 is 0 Å². The molecule has 94 valence electrons. The van der Waals surface area contributed by atoms with Crippen LogP contribution in [0.25, 0.3) is 0 Å². The first kappa shape index (κ1) is 13.5. The van der Waals surface area contributed by atoms with Gasteiger partial charge in [-0.15, -0.1) is 0 Å². The van der Waals surface area contributed by atoms with Gasteiger partial charge in [0.2, 0.25) is 0 Å². The SMILES string of the molecule is CC1CN(CC(C)(C)C(=O)O)CC(C)N1C. The van der Waals surface area contributed by atoms with Crippen LogP contribution in [0.2, 0.25) is 0 Å². The smallest absolute Gasteiger partial charge is 0.310 e. The third kappa shape index (κ3) is 2.95. The van der Waals surface area contributed by atoms with Gasteiger partial charge in [0.15, 0.2) is 0 Å². The molecular formula is C12H24N2O2. The molecular weight excluding hydrogens is 204 g/mol. The van der Waals surface area contributed by atoms with Gasteiger partial charge >= 0.3 is 5.97 Å². The number of nitrogens with zero attached hydrogens (tertiary/aromatic N) is 2. The lowest BCUT2D eigenvalue weighted by atomic mass is 9.92. The number of carbonyl (C=O) groups is 1. The molecule has 16 heavy (non-hydrogen) atoms. The highest BCUT2D eigenvalue weighted by Gasteiger charge is 2.34. The summed E-state index contributed by atoms with van der Waals surface area (Å²) >= 11 is 0. The molecule has 1 saturated heterocycles. The fourth-order valence-corrected chi connectivity index (χ4v) is 2.27. The van der Waals surface area contributed by atoms with E-state index in [1.807, 2.05) is 0 Å². The van der Waals surface area contributed by atoms with Crippen molar-refractivity contribution in [3.8, 4) is 0 Å². The summed E-state index contributed by atoms with van der Waals surface area (Å²) in [5.41, 5.74) is -0.657. The van der Waals surface area contributed by atoms with Crippen molar-refractivity contribution in [2.45, 2.75) is 39.8 Å². The average Bonchev–Trinajstić information content (AvgIpc) is 2.13. The van der Waals surface area contributed by atoms with Crippen molar-refractivity contribution >= 4 is 5.97 Å². The molecule has 1 aliphatic heterocycles. The van der Waals surface area contributed by atoms with Crippen LogP contribution < -0.4 is 0 Å². The predicted octanol–water partition coefficient (Wildman–Crippen LogP) is 1.12. The molecule has 2 atom stereocenters. The second-order valence-electron chi connectivity index (χ2n) is 5.75. The van der Waals surface area contributed by atoms with Gasteiger partial charge in [0.05, 0.1) is 5.41 Å². The first-order chi connectivity index (χ1) is 7.24. The van der Waals surface area contributed by atoms with Crippen molar-refractivity contribution in [1.82, 2.24) is 9.80 Å². The summed E-state index contributed by atoms with van der Waals surface area (Å²) in [6.45, 7) is 10.5. The van der Waals surface area contributed by atoms with E-state index < -0.39 is 11.4 Å². The highest BCUT2D eigenvalue weighted by Crippen LogP contribution is 2.21. The molecule has 0 spiro atoms. The number of likely N-dealkylation sites (N-methyl/N-ethyl adjacent to an activating group) is 1. The monoisotopic (exact) mass is 228 g/mol. The minimum atomic E-state index is -0.716. The van der Waals surface area contributed by atoms with Gasteiger partial charge in [-0.25, -0.2) is 0 Å². The van der Waals surface area contributed by atoms with Gasteiger partial charge in [-0.05, 0) is 34.7 Å². The Morgan fingerprint density at radius 2 is 1.75 bits per heavy atom. The maximum Gasteiger partial charge on any atom is 0.310 e. The lowest BCUT2D eigenvalue weighted by Gasteiger charge is -2.44. The first-order valence-electron chi connectivity index (χ1n) is 5.91. The summed E-state index contributed by atoms with van der Waals surface area (Å²) in [6.07, 6.45) is 0. The molecule has 0 aliphatic carbocycles. The Labute approximate surface area is 98.2 Å². The summed E-state index contributed by atoms with van der Waals surface area (Å²) in [7, 11) is 2.13. The minimum Gasteiger partial charge on any atom is -0.481 e. The van der Waals surface area contributed by atoms with Crippen LogP contribution in [0.1, 0.15) is 27.7 Å². The van der Waals surface area contributed by atoms with E-state index in [2.05, 4.69) is 30.7 Å². The van der Waals surface area contributed by atoms with Crippen molar-refractivity contribution in [3.63, 3.8) is 0 Å². The molecule has 4 heteroatoms. The van der Waals surface area contributed by atoms with Gasteiger partial charge in [-0.3, -0.25) is 14.6 Å². The normalized spacial score (nSPS) is 29.3. The molecule has 4 nitrogen and oxygen atoms in total. The zero-order valence-electron chi connectivity index (χ0n) is 11.0. The van der Waals surface area contributed by atoms with Crippen LogP contribution in [0.3, 0.4) is 0 Å². The van der Waals surface area contributed by atoms with Crippen molar-refractivity contribution in [3.05, 3.63) is 0 Å². The molecule has 0 aromatic rings. The number of hydrogen-bond acceptors (Lipinski definition) is 3. The maximum atomic E-state index is 11.1. The number of carboxylic acid groups (broad SMARTS) is 1. The fourth-order valence-electron chi connectivity index (χ4n) is 2.27. The van der Waals surface area contributed by atoms with E-state index in [0.29, 0.717) is 18.6 Å². The standard InChI is InChI=1S/C12H24N2O2/c1-9-6-14(7-10(2)13(9)5)8-12(3,4)11(15)16/h9-10H,6-8H2,1-5H3,(H,15,16). The molecule has 0 bridgehead atoms.